The number of rotatable bonds is 4. The van der Waals surface area contributed by atoms with Crippen LogP contribution in [0.3, 0.4) is 0 Å². The fourth-order valence-corrected chi connectivity index (χ4v) is 0.287. The Morgan fingerprint density at radius 3 is 2.62 bits per heavy atom. The predicted molar refractivity (Wildman–Crippen MR) is 31.5 cm³/mol. The Kier molecular flexibility index (Phi) is 4.56. The van der Waals surface area contributed by atoms with Gasteiger partial charge in [0, 0.05) is 6.42 Å². The van der Waals surface area contributed by atoms with Gasteiger partial charge < -0.3 is 9.53 Å². The van der Waals surface area contributed by atoms with Crippen LogP contribution in [0.15, 0.2) is 0 Å². The van der Waals surface area contributed by atoms with Crippen LogP contribution in [0.1, 0.15) is 13.8 Å². The summed E-state index contributed by atoms with van der Waals surface area (Å²) in [7, 11) is 0. The normalized spacial score (nSPS) is 9.88. The lowest BCUT2D eigenvalue weighted by Crippen LogP contribution is -2.04. The molecule has 2 heteroatoms. The fraction of sp³-hybridized carbons (Fsp3) is 0.667. The molecule has 0 bridgehead atoms. The zero-order chi connectivity index (χ0) is 6.41. The second kappa shape index (κ2) is 4.78. The van der Waals surface area contributed by atoms with Crippen molar-refractivity contribution in [3.05, 3.63) is 6.42 Å². The average molecular weight is 115 g/mol. The zero-order valence-electron chi connectivity index (χ0n) is 5.26. The van der Waals surface area contributed by atoms with Gasteiger partial charge in [0.1, 0.15) is 6.29 Å². The summed E-state index contributed by atoms with van der Waals surface area (Å²) in [5, 5.41) is 0. The number of aldehydes is 1. The molecular weight excluding hydrogens is 104 g/mol. The van der Waals surface area contributed by atoms with Crippen molar-refractivity contribution in [3.63, 3.8) is 0 Å². The minimum atomic E-state index is 0.214. The van der Waals surface area contributed by atoms with Crippen molar-refractivity contribution in [2.24, 2.45) is 0 Å². The van der Waals surface area contributed by atoms with Gasteiger partial charge in [-0.2, -0.15) is 0 Å². The Morgan fingerprint density at radius 2 is 2.25 bits per heavy atom. The van der Waals surface area contributed by atoms with Crippen molar-refractivity contribution >= 4 is 6.29 Å². The molecule has 0 aliphatic heterocycles. The average Bonchev–Trinajstić information content (AvgIpc) is 1.66. The summed E-state index contributed by atoms with van der Waals surface area (Å²) in [5.74, 6) is 0. The summed E-state index contributed by atoms with van der Waals surface area (Å²) < 4.78 is 5.00. The van der Waals surface area contributed by atoms with Gasteiger partial charge in [0.15, 0.2) is 0 Å². The van der Waals surface area contributed by atoms with Crippen LogP contribution in [0.4, 0.5) is 0 Å². The van der Waals surface area contributed by atoms with Crippen LogP contribution in [0, 0.1) is 6.42 Å². The molecular formula is C6H11O2. The Bertz CT molecular complexity index is 59.5. The van der Waals surface area contributed by atoms with Crippen LogP contribution < -0.4 is 0 Å². The van der Waals surface area contributed by atoms with Gasteiger partial charge in [0.25, 0.3) is 0 Å². The minimum absolute atomic E-state index is 0.214. The van der Waals surface area contributed by atoms with E-state index >= 15 is 0 Å². The van der Waals surface area contributed by atoms with Crippen LogP contribution in [-0.2, 0) is 9.53 Å². The molecule has 0 N–H and O–H groups in total. The standard InChI is InChI=1S/C6H11O2/c1-6(2)8-5-3-4-7/h3-4,6H,5H2,1-2H3. The molecule has 0 spiro atoms. The summed E-state index contributed by atoms with van der Waals surface area (Å²) in [5.41, 5.74) is 0. The van der Waals surface area contributed by atoms with Gasteiger partial charge in [-0.1, -0.05) is 0 Å². The first-order valence-corrected chi connectivity index (χ1v) is 2.66. The number of ether oxygens (including phenoxy) is 1. The van der Waals surface area contributed by atoms with Crippen LogP contribution in [0.25, 0.3) is 0 Å². The summed E-state index contributed by atoms with van der Waals surface area (Å²) in [4.78, 5) is 9.65. The number of carbonyl (C=O) groups excluding carboxylic acids is 1. The molecule has 0 rings (SSSR count). The molecule has 0 fully saturated rings. The molecule has 0 saturated heterocycles. The molecule has 0 unspecified atom stereocenters. The number of carbonyl (C=O) groups is 1. The molecule has 2 nitrogen and oxygen atoms in total. The molecule has 8 heavy (non-hydrogen) atoms. The first-order chi connectivity index (χ1) is 3.77. The lowest BCUT2D eigenvalue weighted by molar-refractivity contribution is -0.105. The maximum atomic E-state index is 9.65. The van der Waals surface area contributed by atoms with E-state index in [0.29, 0.717) is 6.61 Å². The van der Waals surface area contributed by atoms with Gasteiger partial charge >= 0.3 is 0 Å². The van der Waals surface area contributed by atoms with E-state index in [4.69, 9.17) is 4.74 Å². The third-order valence-corrected chi connectivity index (χ3v) is 0.622. The van der Waals surface area contributed by atoms with Crippen molar-refractivity contribution in [2.45, 2.75) is 20.0 Å². The smallest absolute Gasteiger partial charge is 0.126 e. The van der Waals surface area contributed by atoms with Crippen LogP contribution in [-0.4, -0.2) is 19.0 Å². The van der Waals surface area contributed by atoms with E-state index in [-0.39, 0.29) is 6.10 Å². The second-order valence-corrected chi connectivity index (χ2v) is 1.75. The molecule has 47 valence electrons. The molecule has 0 aromatic carbocycles. The van der Waals surface area contributed by atoms with Crippen molar-refractivity contribution < 1.29 is 9.53 Å². The third kappa shape index (κ3) is 5.63. The Labute approximate surface area is 49.8 Å². The van der Waals surface area contributed by atoms with Crippen molar-refractivity contribution in [1.82, 2.24) is 0 Å². The highest BCUT2D eigenvalue weighted by molar-refractivity contribution is 5.60. The highest BCUT2D eigenvalue weighted by Crippen LogP contribution is 1.86. The molecule has 0 atom stereocenters. The zero-order valence-corrected chi connectivity index (χ0v) is 5.26. The second-order valence-electron chi connectivity index (χ2n) is 1.75. The maximum Gasteiger partial charge on any atom is 0.126 e. The van der Waals surface area contributed by atoms with Gasteiger partial charge in [-0.15, -0.1) is 0 Å². The summed E-state index contributed by atoms with van der Waals surface area (Å²) in [6.45, 7) is 4.29. The van der Waals surface area contributed by atoms with E-state index < -0.39 is 0 Å². The number of hydrogen-bond donors (Lipinski definition) is 0. The molecule has 0 heterocycles. The first kappa shape index (κ1) is 7.63. The summed E-state index contributed by atoms with van der Waals surface area (Å²) >= 11 is 0. The van der Waals surface area contributed by atoms with Gasteiger partial charge in [-0.25, -0.2) is 0 Å². The Hall–Kier alpha value is -0.370. The fourth-order valence-electron chi connectivity index (χ4n) is 0.287. The molecule has 0 aliphatic carbocycles. The van der Waals surface area contributed by atoms with E-state index in [9.17, 15) is 4.79 Å². The highest BCUT2D eigenvalue weighted by atomic mass is 16.5. The lowest BCUT2D eigenvalue weighted by atomic mass is 10.4. The van der Waals surface area contributed by atoms with E-state index in [1.54, 1.807) is 0 Å². The molecule has 0 saturated carbocycles. The van der Waals surface area contributed by atoms with Crippen molar-refractivity contribution in [2.75, 3.05) is 6.61 Å². The SMILES string of the molecule is CC(C)OC[CH]C=O. The van der Waals surface area contributed by atoms with Gasteiger partial charge in [-0.3, -0.25) is 0 Å². The third-order valence-electron chi connectivity index (χ3n) is 0.622. The topological polar surface area (TPSA) is 26.3 Å². The molecule has 0 aromatic heterocycles. The quantitative estimate of drug-likeness (QED) is 0.400. The maximum absolute atomic E-state index is 9.65. The van der Waals surface area contributed by atoms with E-state index in [1.807, 2.05) is 13.8 Å². The summed E-state index contributed by atoms with van der Waals surface area (Å²) in [6, 6.07) is 0. The highest BCUT2D eigenvalue weighted by Gasteiger charge is 1.89. The van der Waals surface area contributed by atoms with Crippen molar-refractivity contribution in [1.29, 1.82) is 0 Å². The van der Waals surface area contributed by atoms with Crippen LogP contribution in [0.5, 0.6) is 0 Å². The monoisotopic (exact) mass is 115 g/mol. The largest absolute Gasteiger partial charge is 0.378 e. The minimum Gasteiger partial charge on any atom is -0.378 e. The van der Waals surface area contributed by atoms with Gasteiger partial charge in [-0.05, 0) is 13.8 Å². The van der Waals surface area contributed by atoms with Crippen LogP contribution in [0.2, 0.25) is 0 Å². The predicted octanol–water partition coefficient (Wildman–Crippen LogP) is 0.815. The molecule has 0 aromatic rings. The van der Waals surface area contributed by atoms with Gasteiger partial charge in [0.2, 0.25) is 0 Å². The number of hydrogen-bond acceptors (Lipinski definition) is 2. The van der Waals surface area contributed by atoms with Gasteiger partial charge in [0.05, 0.1) is 12.7 Å². The lowest BCUT2D eigenvalue weighted by Gasteiger charge is -2.02. The molecule has 0 amide bonds. The molecule has 0 aliphatic rings. The van der Waals surface area contributed by atoms with E-state index in [1.165, 1.54) is 6.42 Å². The van der Waals surface area contributed by atoms with Crippen molar-refractivity contribution in [3.8, 4) is 0 Å². The molecule has 1 radical (unpaired) electrons. The first-order valence-electron chi connectivity index (χ1n) is 2.66. The Balaban J connectivity index is 2.81. The summed E-state index contributed by atoms with van der Waals surface area (Å²) in [6.07, 6.45) is 2.40. The van der Waals surface area contributed by atoms with E-state index in [2.05, 4.69) is 0 Å². The Morgan fingerprint density at radius 1 is 1.62 bits per heavy atom. The van der Waals surface area contributed by atoms with E-state index in [0.717, 1.165) is 6.29 Å². The van der Waals surface area contributed by atoms with Crippen LogP contribution >= 0.6 is 0 Å².